The van der Waals surface area contributed by atoms with Crippen LogP contribution in [0.3, 0.4) is 0 Å². The highest BCUT2D eigenvalue weighted by Gasteiger charge is 2.26. The van der Waals surface area contributed by atoms with Gasteiger partial charge in [-0.1, -0.05) is 24.3 Å². The van der Waals surface area contributed by atoms with Crippen LogP contribution in [-0.4, -0.2) is 43.8 Å². The maximum Gasteiger partial charge on any atom is 0.242 e. The number of hydrogen-bond donors (Lipinski definition) is 1. The molecule has 0 bridgehead atoms. The molecule has 0 saturated heterocycles. The number of fused-ring (bicyclic) bond motifs is 1. The Bertz CT molecular complexity index is 1260. The Morgan fingerprint density at radius 3 is 2.32 bits per heavy atom. The van der Waals surface area contributed by atoms with Crippen LogP contribution in [-0.2, 0) is 29.1 Å². The maximum absolute atomic E-state index is 13.5. The summed E-state index contributed by atoms with van der Waals surface area (Å²) in [6.07, 6.45) is 0.0430. The first-order valence-corrected chi connectivity index (χ1v) is 11.8. The lowest BCUT2D eigenvalue weighted by Gasteiger charge is -2.29. The first-order valence-electron chi connectivity index (χ1n) is 11.8. The number of rotatable bonds is 10. The van der Waals surface area contributed by atoms with Gasteiger partial charge in [-0.25, -0.2) is 4.39 Å². The molecule has 1 atom stereocenters. The minimum Gasteiger partial charge on any atom is -0.493 e. The van der Waals surface area contributed by atoms with E-state index in [1.54, 1.807) is 43.3 Å². The van der Waals surface area contributed by atoms with Crippen LogP contribution in [0.15, 0.2) is 60.7 Å². The summed E-state index contributed by atoms with van der Waals surface area (Å²) in [6, 6.07) is 15.8. The van der Waals surface area contributed by atoms with Crippen LogP contribution < -0.4 is 24.3 Å². The second-order valence-corrected chi connectivity index (χ2v) is 8.60. The van der Waals surface area contributed by atoms with Gasteiger partial charge in [-0.05, 0) is 60.0 Å². The molecule has 2 amide bonds. The Balaban J connectivity index is 1.49. The predicted molar refractivity (Wildman–Crippen MR) is 134 cm³/mol. The molecule has 8 nitrogen and oxygen atoms in total. The average molecular weight is 509 g/mol. The highest BCUT2D eigenvalue weighted by molar-refractivity contribution is 5.88. The fraction of sp³-hybridized carbons (Fsp3) is 0.286. The third-order valence-electron chi connectivity index (χ3n) is 6.14. The molecule has 37 heavy (non-hydrogen) atoms. The third-order valence-corrected chi connectivity index (χ3v) is 6.14. The van der Waals surface area contributed by atoms with Gasteiger partial charge in [0.25, 0.3) is 0 Å². The van der Waals surface area contributed by atoms with E-state index < -0.39 is 6.04 Å². The van der Waals surface area contributed by atoms with Crippen LogP contribution in [0.4, 0.5) is 4.39 Å². The SMILES string of the molecule is COc1ccc(CC(=O)N(Cc2ccc(F)cc2)[C@@H](C)C(=O)NCc2ccc3c(c2)OCO3)cc1OC. The number of nitrogens with one attached hydrogen (secondary N) is 1. The summed E-state index contributed by atoms with van der Waals surface area (Å²) in [5.74, 6) is 1.40. The standard InChI is InChI=1S/C28H29FN2O6/c1-18(28(33)30-15-21-7-11-24-26(13-21)37-17-36-24)31(16-19-4-8-22(29)9-5-19)27(32)14-20-6-10-23(34-2)25(12-20)35-3/h4-13,18H,14-17H2,1-3H3,(H,30,33)/t18-/m0/s1. The van der Waals surface area contributed by atoms with Crippen molar-refractivity contribution in [2.75, 3.05) is 21.0 Å². The average Bonchev–Trinajstić information content (AvgIpc) is 3.39. The van der Waals surface area contributed by atoms with E-state index in [2.05, 4.69) is 5.32 Å². The summed E-state index contributed by atoms with van der Waals surface area (Å²) in [7, 11) is 3.06. The fourth-order valence-corrected chi connectivity index (χ4v) is 4.02. The zero-order valence-corrected chi connectivity index (χ0v) is 21.0. The highest BCUT2D eigenvalue weighted by Crippen LogP contribution is 2.32. The zero-order chi connectivity index (χ0) is 26.4. The van der Waals surface area contributed by atoms with Gasteiger partial charge in [0.2, 0.25) is 18.6 Å². The highest BCUT2D eigenvalue weighted by atomic mass is 19.1. The van der Waals surface area contributed by atoms with Gasteiger partial charge in [0.15, 0.2) is 23.0 Å². The van der Waals surface area contributed by atoms with Gasteiger partial charge in [-0.2, -0.15) is 0 Å². The van der Waals surface area contributed by atoms with Crippen molar-refractivity contribution in [1.29, 1.82) is 0 Å². The summed E-state index contributed by atoms with van der Waals surface area (Å²) >= 11 is 0. The van der Waals surface area contributed by atoms with Crippen LogP contribution in [0.2, 0.25) is 0 Å². The van der Waals surface area contributed by atoms with Gasteiger partial charge < -0.3 is 29.2 Å². The van der Waals surface area contributed by atoms with Crippen LogP contribution in [0.5, 0.6) is 23.0 Å². The molecule has 3 aromatic rings. The molecule has 0 aromatic heterocycles. The van der Waals surface area contributed by atoms with E-state index in [4.69, 9.17) is 18.9 Å². The largest absolute Gasteiger partial charge is 0.493 e. The second-order valence-electron chi connectivity index (χ2n) is 8.60. The molecule has 4 rings (SSSR count). The zero-order valence-electron chi connectivity index (χ0n) is 21.0. The molecule has 0 spiro atoms. The van der Waals surface area contributed by atoms with Crippen LogP contribution in [0.25, 0.3) is 0 Å². The number of amides is 2. The van der Waals surface area contributed by atoms with E-state index in [9.17, 15) is 14.0 Å². The number of benzene rings is 3. The third kappa shape index (κ3) is 6.30. The summed E-state index contributed by atoms with van der Waals surface area (Å²) in [6.45, 7) is 2.24. The lowest BCUT2D eigenvalue weighted by atomic mass is 10.1. The number of ether oxygens (including phenoxy) is 4. The Hall–Kier alpha value is -4.27. The minimum absolute atomic E-state index is 0.0430. The molecule has 1 heterocycles. The van der Waals surface area contributed by atoms with E-state index in [1.165, 1.54) is 31.3 Å². The van der Waals surface area contributed by atoms with Crippen molar-refractivity contribution in [1.82, 2.24) is 10.2 Å². The molecule has 194 valence electrons. The van der Waals surface area contributed by atoms with Crippen LogP contribution in [0, 0.1) is 5.82 Å². The molecular weight excluding hydrogens is 479 g/mol. The smallest absolute Gasteiger partial charge is 0.242 e. The van der Waals surface area contributed by atoms with Gasteiger partial charge >= 0.3 is 0 Å². The van der Waals surface area contributed by atoms with E-state index in [1.807, 2.05) is 12.1 Å². The van der Waals surface area contributed by atoms with E-state index >= 15 is 0 Å². The summed E-state index contributed by atoms with van der Waals surface area (Å²) < 4.78 is 34.8. The first kappa shape index (κ1) is 25.8. The summed E-state index contributed by atoms with van der Waals surface area (Å²) in [5.41, 5.74) is 2.25. The van der Waals surface area contributed by atoms with Crippen molar-refractivity contribution in [3.05, 3.63) is 83.2 Å². The maximum atomic E-state index is 13.5. The van der Waals surface area contributed by atoms with Crippen molar-refractivity contribution in [2.45, 2.75) is 32.5 Å². The lowest BCUT2D eigenvalue weighted by Crippen LogP contribution is -2.48. The first-order chi connectivity index (χ1) is 17.9. The Morgan fingerprint density at radius 2 is 1.59 bits per heavy atom. The molecule has 3 aromatic carbocycles. The van der Waals surface area contributed by atoms with Crippen molar-refractivity contribution in [3.63, 3.8) is 0 Å². The van der Waals surface area contributed by atoms with E-state index in [0.29, 0.717) is 34.1 Å². The molecule has 0 unspecified atom stereocenters. The van der Waals surface area contributed by atoms with Gasteiger partial charge in [0.05, 0.1) is 20.6 Å². The van der Waals surface area contributed by atoms with E-state index in [0.717, 1.165) is 5.56 Å². The molecule has 0 aliphatic carbocycles. The predicted octanol–water partition coefficient (Wildman–Crippen LogP) is 3.85. The monoisotopic (exact) mass is 508 g/mol. The normalized spacial score (nSPS) is 12.5. The molecule has 0 radical (unpaired) electrons. The number of nitrogens with zero attached hydrogens (tertiary/aromatic N) is 1. The van der Waals surface area contributed by atoms with Crippen LogP contribution in [0.1, 0.15) is 23.6 Å². The minimum atomic E-state index is -0.785. The Kier molecular flexibility index (Phi) is 8.12. The molecule has 1 aliphatic heterocycles. The molecule has 1 aliphatic rings. The van der Waals surface area contributed by atoms with Gasteiger partial charge in [0.1, 0.15) is 11.9 Å². The van der Waals surface area contributed by atoms with E-state index in [-0.39, 0.29) is 43.9 Å². The Morgan fingerprint density at radius 1 is 0.919 bits per heavy atom. The number of halogens is 1. The van der Waals surface area contributed by atoms with Gasteiger partial charge in [-0.15, -0.1) is 0 Å². The molecule has 0 saturated carbocycles. The summed E-state index contributed by atoms with van der Waals surface area (Å²) in [5, 5.41) is 2.89. The van der Waals surface area contributed by atoms with Gasteiger partial charge in [-0.3, -0.25) is 9.59 Å². The molecule has 0 fully saturated rings. The number of methoxy groups -OCH3 is 2. The topological polar surface area (TPSA) is 86.3 Å². The number of carbonyl (C=O) groups is 2. The number of carbonyl (C=O) groups excluding carboxylic acids is 2. The number of hydrogen-bond acceptors (Lipinski definition) is 6. The lowest BCUT2D eigenvalue weighted by molar-refractivity contribution is -0.140. The molecule has 1 N–H and O–H groups in total. The van der Waals surface area contributed by atoms with Crippen molar-refractivity contribution in [2.24, 2.45) is 0 Å². The fourth-order valence-electron chi connectivity index (χ4n) is 4.02. The second kappa shape index (κ2) is 11.6. The van der Waals surface area contributed by atoms with Gasteiger partial charge in [0, 0.05) is 13.1 Å². The molecular formula is C28H29FN2O6. The van der Waals surface area contributed by atoms with Crippen molar-refractivity contribution in [3.8, 4) is 23.0 Å². The summed E-state index contributed by atoms with van der Waals surface area (Å²) in [4.78, 5) is 28.1. The Labute approximate surface area is 214 Å². The quantitative estimate of drug-likeness (QED) is 0.448. The van der Waals surface area contributed by atoms with Crippen molar-refractivity contribution < 1.29 is 32.9 Å². The van der Waals surface area contributed by atoms with Crippen molar-refractivity contribution >= 4 is 11.8 Å². The molecule has 9 heteroatoms. The van der Waals surface area contributed by atoms with Crippen LogP contribution >= 0.6 is 0 Å².